The molecule has 2 amide bonds. The van der Waals surface area contributed by atoms with Crippen LogP contribution in [0.5, 0.6) is 0 Å². The Labute approximate surface area is 149 Å². The van der Waals surface area contributed by atoms with E-state index in [9.17, 15) is 9.59 Å². The van der Waals surface area contributed by atoms with E-state index in [-0.39, 0.29) is 23.8 Å². The minimum Gasteiger partial charge on any atom is -0.372 e. The quantitative estimate of drug-likeness (QED) is 0.817. The highest BCUT2D eigenvalue weighted by Gasteiger charge is 2.41. The molecule has 0 atom stereocenters. The fourth-order valence-electron chi connectivity index (χ4n) is 3.88. The molecule has 2 fully saturated rings. The van der Waals surface area contributed by atoms with Crippen LogP contribution >= 0.6 is 0 Å². The van der Waals surface area contributed by atoms with Crippen LogP contribution in [0.3, 0.4) is 0 Å². The van der Waals surface area contributed by atoms with Crippen LogP contribution in [0.15, 0.2) is 24.5 Å². The molecule has 0 radical (unpaired) electrons. The molecular weight excluding hydrogens is 318 g/mol. The number of amides is 2. The lowest BCUT2D eigenvalue weighted by molar-refractivity contribution is -0.144. The van der Waals surface area contributed by atoms with Crippen LogP contribution < -0.4 is 0 Å². The number of rotatable bonds is 5. The smallest absolute Gasteiger partial charge is 0.248 e. The Kier molecular flexibility index (Phi) is 5.68. The summed E-state index contributed by atoms with van der Waals surface area (Å²) in [5, 5.41) is 0. The molecule has 0 aliphatic carbocycles. The first-order valence-corrected chi connectivity index (χ1v) is 9.14. The molecule has 0 bridgehead atoms. The van der Waals surface area contributed by atoms with Gasteiger partial charge in [0.25, 0.3) is 0 Å². The highest BCUT2D eigenvalue weighted by Crippen LogP contribution is 2.40. The predicted octanol–water partition coefficient (Wildman–Crippen LogP) is 1.85. The van der Waals surface area contributed by atoms with Gasteiger partial charge in [0.2, 0.25) is 11.8 Å². The van der Waals surface area contributed by atoms with E-state index in [0.717, 1.165) is 44.5 Å². The monoisotopic (exact) mass is 345 g/mol. The summed E-state index contributed by atoms with van der Waals surface area (Å²) in [5.41, 5.74) is 1.22. The highest BCUT2D eigenvalue weighted by molar-refractivity contribution is 5.78. The zero-order valence-electron chi connectivity index (χ0n) is 14.9. The van der Waals surface area contributed by atoms with Crippen molar-refractivity contribution in [3.8, 4) is 0 Å². The Bertz CT molecular complexity index is 597. The molecule has 1 aromatic heterocycles. The average molecular weight is 345 g/mol. The van der Waals surface area contributed by atoms with Gasteiger partial charge in [-0.2, -0.15) is 0 Å². The third-order valence-electron chi connectivity index (χ3n) is 5.45. The summed E-state index contributed by atoms with van der Waals surface area (Å²) in [6, 6.07) is 3.92. The fourth-order valence-corrected chi connectivity index (χ4v) is 3.88. The predicted molar refractivity (Wildman–Crippen MR) is 93.6 cm³/mol. The lowest BCUT2D eigenvalue weighted by atomic mass is 9.72. The van der Waals surface area contributed by atoms with E-state index in [2.05, 4.69) is 4.98 Å². The van der Waals surface area contributed by atoms with E-state index >= 15 is 0 Å². The van der Waals surface area contributed by atoms with Crippen LogP contribution in [0.25, 0.3) is 0 Å². The normalized spacial score (nSPS) is 20.1. The zero-order valence-corrected chi connectivity index (χ0v) is 14.9. The van der Waals surface area contributed by atoms with Crippen molar-refractivity contribution in [2.24, 2.45) is 5.41 Å². The van der Waals surface area contributed by atoms with E-state index in [1.54, 1.807) is 6.20 Å². The van der Waals surface area contributed by atoms with Crippen molar-refractivity contribution in [2.75, 3.05) is 32.8 Å². The molecule has 0 aromatic carbocycles. The number of pyridine rings is 1. The van der Waals surface area contributed by atoms with Gasteiger partial charge in [-0.15, -0.1) is 0 Å². The van der Waals surface area contributed by atoms with E-state index in [0.29, 0.717) is 19.6 Å². The molecule has 0 saturated carbocycles. The maximum atomic E-state index is 12.3. The molecule has 0 N–H and O–H groups in total. The molecule has 136 valence electrons. The van der Waals surface area contributed by atoms with Gasteiger partial charge in [-0.3, -0.25) is 14.6 Å². The number of likely N-dealkylation sites (tertiary alicyclic amines) is 2. The number of ether oxygens (including phenoxy) is 1. The molecule has 25 heavy (non-hydrogen) atoms. The van der Waals surface area contributed by atoms with Gasteiger partial charge in [0.15, 0.2) is 0 Å². The number of nitrogens with zero attached hydrogens (tertiary/aromatic N) is 3. The molecule has 2 aliphatic heterocycles. The number of hydrogen-bond acceptors (Lipinski definition) is 4. The highest BCUT2D eigenvalue weighted by atomic mass is 16.5. The second-order valence-electron chi connectivity index (χ2n) is 7.13. The van der Waals surface area contributed by atoms with Gasteiger partial charge in [-0.25, -0.2) is 0 Å². The van der Waals surface area contributed by atoms with Gasteiger partial charge in [0, 0.05) is 51.6 Å². The summed E-state index contributed by atoms with van der Waals surface area (Å²) < 4.78 is 5.23. The lowest BCUT2D eigenvalue weighted by Gasteiger charge is -2.47. The Morgan fingerprint density at radius 1 is 1.32 bits per heavy atom. The van der Waals surface area contributed by atoms with Crippen molar-refractivity contribution in [3.63, 3.8) is 0 Å². The maximum Gasteiger partial charge on any atom is 0.248 e. The Balaban J connectivity index is 1.58. The molecule has 3 rings (SSSR count). The van der Waals surface area contributed by atoms with Crippen LogP contribution in [-0.2, 0) is 20.9 Å². The first-order chi connectivity index (χ1) is 12.1. The van der Waals surface area contributed by atoms with Crippen molar-refractivity contribution >= 4 is 11.8 Å². The summed E-state index contributed by atoms with van der Waals surface area (Å²) in [5.74, 6) is 0.306. The van der Waals surface area contributed by atoms with Crippen LogP contribution in [0.4, 0.5) is 0 Å². The average Bonchev–Trinajstić information content (AvgIpc) is 2.64. The topological polar surface area (TPSA) is 62.7 Å². The minimum atomic E-state index is 0.0794. The summed E-state index contributed by atoms with van der Waals surface area (Å²) in [6.07, 6.45) is 7.03. The van der Waals surface area contributed by atoms with Crippen molar-refractivity contribution in [1.82, 2.24) is 14.8 Å². The summed E-state index contributed by atoms with van der Waals surface area (Å²) in [7, 11) is 0. The second-order valence-corrected chi connectivity index (χ2v) is 7.13. The second kappa shape index (κ2) is 7.95. The number of carbonyl (C=O) groups excluding carboxylic acids is 2. The first kappa shape index (κ1) is 17.9. The fraction of sp³-hybridized carbons (Fsp3) is 0.632. The zero-order chi connectivity index (χ0) is 17.7. The Morgan fingerprint density at radius 3 is 2.80 bits per heavy atom. The number of carbonyl (C=O) groups is 2. The van der Waals surface area contributed by atoms with Crippen molar-refractivity contribution in [1.29, 1.82) is 0 Å². The molecule has 6 nitrogen and oxygen atoms in total. The third kappa shape index (κ3) is 4.37. The molecule has 2 saturated heterocycles. The molecular formula is C19H27N3O3. The molecule has 1 spiro atoms. The van der Waals surface area contributed by atoms with E-state index in [4.69, 9.17) is 4.74 Å². The van der Waals surface area contributed by atoms with Crippen LogP contribution in [-0.4, -0.2) is 59.4 Å². The molecule has 6 heteroatoms. The van der Waals surface area contributed by atoms with Gasteiger partial charge in [-0.1, -0.05) is 6.07 Å². The van der Waals surface area contributed by atoms with Gasteiger partial charge in [0.1, 0.15) is 6.61 Å². The Morgan fingerprint density at radius 2 is 2.12 bits per heavy atom. The summed E-state index contributed by atoms with van der Waals surface area (Å²) >= 11 is 0. The first-order valence-electron chi connectivity index (χ1n) is 9.14. The van der Waals surface area contributed by atoms with Crippen LogP contribution in [0.1, 0.15) is 38.2 Å². The van der Waals surface area contributed by atoms with Gasteiger partial charge < -0.3 is 14.5 Å². The van der Waals surface area contributed by atoms with Crippen molar-refractivity contribution in [2.45, 2.75) is 39.2 Å². The lowest BCUT2D eigenvalue weighted by Crippen LogP contribution is -2.52. The van der Waals surface area contributed by atoms with Crippen LogP contribution in [0, 0.1) is 5.41 Å². The van der Waals surface area contributed by atoms with Gasteiger partial charge in [0.05, 0.1) is 0 Å². The molecule has 3 heterocycles. The van der Waals surface area contributed by atoms with Crippen molar-refractivity contribution in [3.05, 3.63) is 30.1 Å². The molecule has 0 unspecified atom stereocenters. The minimum absolute atomic E-state index is 0.0794. The third-order valence-corrected chi connectivity index (χ3v) is 5.45. The van der Waals surface area contributed by atoms with Gasteiger partial charge in [-0.05, 0) is 43.2 Å². The van der Waals surface area contributed by atoms with E-state index in [1.807, 2.05) is 35.1 Å². The molecule has 1 aromatic rings. The van der Waals surface area contributed by atoms with Gasteiger partial charge >= 0.3 is 0 Å². The summed E-state index contributed by atoms with van der Waals surface area (Å²) in [4.78, 5) is 32.5. The molecule has 2 aliphatic rings. The SMILES string of the molecule is CCOCC(=O)N1CCC2(CCC(=O)N(Cc3cccnc3)C2)CC1. The van der Waals surface area contributed by atoms with Crippen molar-refractivity contribution < 1.29 is 14.3 Å². The maximum absolute atomic E-state index is 12.3. The standard InChI is InChI=1S/C19H27N3O3/c1-2-25-14-18(24)21-10-7-19(8-11-21)6-5-17(23)22(15-19)13-16-4-3-9-20-12-16/h3-4,9,12H,2,5-8,10-11,13-15H2,1H3. The summed E-state index contributed by atoms with van der Waals surface area (Å²) in [6.45, 7) is 5.58. The van der Waals surface area contributed by atoms with Crippen LogP contribution in [0.2, 0.25) is 0 Å². The number of aromatic nitrogens is 1. The van der Waals surface area contributed by atoms with E-state index in [1.165, 1.54) is 0 Å². The number of piperidine rings is 2. The number of hydrogen-bond donors (Lipinski definition) is 0. The van der Waals surface area contributed by atoms with E-state index < -0.39 is 0 Å². The largest absolute Gasteiger partial charge is 0.372 e. The Hall–Kier alpha value is -1.95.